The molecule has 1 heterocycles. The number of nitrogens with zero attached hydrogens (tertiary/aromatic N) is 2. The Morgan fingerprint density at radius 3 is 3.06 bits per heavy atom. The minimum absolute atomic E-state index is 0.427. The van der Waals surface area contributed by atoms with Crippen molar-refractivity contribution in [1.29, 1.82) is 0 Å². The first-order valence-corrected chi connectivity index (χ1v) is 5.82. The van der Waals surface area contributed by atoms with Crippen molar-refractivity contribution >= 4 is 17.4 Å². The zero-order valence-electron chi connectivity index (χ0n) is 10.1. The molecule has 4 nitrogen and oxygen atoms in total. The van der Waals surface area contributed by atoms with Crippen molar-refractivity contribution in [1.82, 2.24) is 10.3 Å². The number of hydrogen-bond donors (Lipinski definition) is 2. The molecule has 0 fully saturated rings. The topological polar surface area (TPSA) is 63.3 Å². The van der Waals surface area contributed by atoms with Crippen molar-refractivity contribution in [3.63, 3.8) is 0 Å². The van der Waals surface area contributed by atoms with Crippen molar-refractivity contribution < 1.29 is 0 Å². The summed E-state index contributed by atoms with van der Waals surface area (Å²) in [4.78, 5) is 8.30. The molecule has 5 heteroatoms. The Bertz CT molecular complexity index is 470. The molecule has 0 saturated heterocycles. The van der Waals surface area contributed by atoms with Crippen LogP contribution in [0.4, 0.5) is 0 Å². The number of allylic oxidation sites excluding steroid dienone is 1. The van der Waals surface area contributed by atoms with Gasteiger partial charge in [-0.2, -0.15) is 0 Å². The minimum atomic E-state index is -0.528. The van der Waals surface area contributed by atoms with Crippen LogP contribution in [-0.2, 0) is 6.54 Å². The van der Waals surface area contributed by atoms with Gasteiger partial charge in [-0.05, 0) is 25.1 Å². The van der Waals surface area contributed by atoms with Gasteiger partial charge in [-0.15, -0.1) is 18.0 Å². The number of terminal acetylenes is 1. The lowest BCUT2D eigenvalue weighted by molar-refractivity contribution is 0.773. The lowest BCUT2D eigenvalue weighted by Crippen LogP contribution is -2.17. The Balaban J connectivity index is 2.72. The summed E-state index contributed by atoms with van der Waals surface area (Å²) in [6.07, 6.45) is 8.56. The van der Waals surface area contributed by atoms with Crippen LogP contribution in [0.3, 0.4) is 0 Å². The first-order chi connectivity index (χ1) is 8.61. The van der Waals surface area contributed by atoms with E-state index < -0.39 is 5.38 Å². The van der Waals surface area contributed by atoms with Gasteiger partial charge < -0.3 is 11.1 Å². The second kappa shape index (κ2) is 7.36. The molecule has 0 spiro atoms. The van der Waals surface area contributed by atoms with Crippen molar-refractivity contribution in [2.75, 3.05) is 0 Å². The first kappa shape index (κ1) is 14.1. The number of nitrogens with two attached hydrogens (primary N) is 1. The third-order valence-corrected chi connectivity index (χ3v) is 2.19. The molecule has 0 aromatic carbocycles. The molecule has 3 N–H and O–H groups in total. The zero-order chi connectivity index (χ0) is 13.4. The largest absolute Gasteiger partial charge is 0.387 e. The van der Waals surface area contributed by atoms with E-state index in [-0.39, 0.29) is 0 Å². The van der Waals surface area contributed by atoms with Crippen molar-refractivity contribution in [2.24, 2.45) is 10.7 Å². The van der Waals surface area contributed by atoms with E-state index in [2.05, 4.69) is 21.2 Å². The SMILES string of the molecule is C#CC(Cl)/C=C(\N=C(/C)N)NCc1ccccn1. The first-order valence-electron chi connectivity index (χ1n) is 5.38. The van der Waals surface area contributed by atoms with Crippen LogP contribution in [0.5, 0.6) is 0 Å². The second-order valence-corrected chi connectivity index (χ2v) is 4.02. The summed E-state index contributed by atoms with van der Waals surface area (Å²) in [6.45, 7) is 2.22. The van der Waals surface area contributed by atoms with Crippen molar-refractivity contribution in [2.45, 2.75) is 18.8 Å². The van der Waals surface area contributed by atoms with Crippen LogP contribution in [0.25, 0.3) is 0 Å². The van der Waals surface area contributed by atoms with Crippen molar-refractivity contribution in [3.8, 4) is 12.3 Å². The summed E-state index contributed by atoms with van der Waals surface area (Å²) in [5.41, 5.74) is 6.43. The molecule has 1 atom stereocenters. The van der Waals surface area contributed by atoms with Crippen LogP contribution < -0.4 is 11.1 Å². The third kappa shape index (κ3) is 5.37. The van der Waals surface area contributed by atoms with E-state index in [1.807, 2.05) is 18.2 Å². The number of amidine groups is 1. The Hall–Kier alpha value is -1.99. The lowest BCUT2D eigenvalue weighted by atomic mass is 10.3. The monoisotopic (exact) mass is 262 g/mol. The van der Waals surface area contributed by atoms with E-state index in [0.717, 1.165) is 5.69 Å². The molecule has 0 amide bonds. The van der Waals surface area contributed by atoms with Crippen LogP contribution in [0.2, 0.25) is 0 Å². The van der Waals surface area contributed by atoms with Gasteiger partial charge in [-0.1, -0.05) is 12.0 Å². The molecular weight excluding hydrogens is 248 g/mol. The predicted molar refractivity (Wildman–Crippen MR) is 74.9 cm³/mol. The van der Waals surface area contributed by atoms with Crippen LogP contribution >= 0.6 is 11.6 Å². The van der Waals surface area contributed by atoms with Gasteiger partial charge in [0.1, 0.15) is 11.2 Å². The molecule has 1 aromatic rings. The molecule has 1 unspecified atom stereocenters. The summed E-state index contributed by atoms with van der Waals surface area (Å²) in [7, 11) is 0. The molecule has 0 aliphatic rings. The highest BCUT2D eigenvalue weighted by Gasteiger charge is 2.01. The number of hydrogen-bond acceptors (Lipinski definition) is 3. The molecule has 0 aliphatic carbocycles. The second-order valence-electron chi connectivity index (χ2n) is 3.55. The highest BCUT2D eigenvalue weighted by Crippen LogP contribution is 2.03. The molecule has 18 heavy (non-hydrogen) atoms. The Kier molecular flexibility index (Phi) is 5.75. The summed E-state index contributed by atoms with van der Waals surface area (Å²) < 4.78 is 0. The van der Waals surface area contributed by atoms with Gasteiger partial charge in [0.25, 0.3) is 0 Å². The quantitative estimate of drug-likeness (QED) is 0.367. The number of pyridine rings is 1. The number of alkyl halides is 1. The molecular formula is C13H15ClN4. The summed E-state index contributed by atoms with van der Waals surface area (Å²) in [5.74, 6) is 3.36. The summed E-state index contributed by atoms with van der Waals surface area (Å²) >= 11 is 5.85. The molecule has 0 radical (unpaired) electrons. The van der Waals surface area contributed by atoms with E-state index in [1.54, 1.807) is 19.2 Å². The smallest absolute Gasteiger partial charge is 0.126 e. The van der Waals surface area contributed by atoms with E-state index in [1.165, 1.54) is 0 Å². The van der Waals surface area contributed by atoms with Crippen LogP contribution in [0, 0.1) is 12.3 Å². The highest BCUT2D eigenvalue weighted by atomic mass is 35.5. The van der Waals surface area contributed by atoms with Gasteiger partial charge in [-0.3, -0.25) is 4.98 Å². The fourth-order valence-electron chi connectivity index (χ4n) is 1.20. The Morgan fingerprint density at radius 1 is 1.72 bits per heavy atom. The maximum absolute atomic E-state index is 5.85. The van der Waals surface area contributed by atoms with Crippen LogP contribution in [0.15, 0.2) is 41.3 Å². The van der Waals surface area contributed by atoms with E-state index in [4.69, 9.17) is 23.8 Å². The van der Waals surface area contributed by atoms with Gasteiger partial charge in [0.2, 0.25) is 0 Å². The van der Waals surface area contributed by atoms with Crippen LogP contribution in [0.1, 0.15) is 12.6 Å². The van der Waals surface area contributed by atoms with Gasteiger partial charge in [-0.25, -0.2) is 4.99 Å². The summed E-state index contributed by atoms with van der Waals surface area (Å²) in [5, 5.41) is 2.56. The van der Waals surface area contributed by atoms with Crippen molar-refractivity contribution in [3.05, 3.63) is 42.0 Å². The Morgan fingerprint density at radius 2 is 2.50 bits per heavy atom. The zero-order valence-corrected chi connectivity index (χ0v) is 10.9. The standard InChI is InChI=1S/C13H15ClN4/c1-3-11(14)8-13(18-10(2)15)17-9-12-6-4-5-7-16-12/h1,4-8,11,17H,9H2,2H3,(H2,15,18)/b13-8-. The molecule has 0 bridgehead atoms. The highest BCUT2D eigenvalue weighted by molar-refractivity contribution is 6.23. The van der Waals surface area contributed by atoms with Gasteiger partial charge in [0, 0.05) is 6.20 Å². The number of nitrogens with one attached hydrogen (secondary N) is 1. The molecule has 94 valence electrons. The van der Waals surface area contributed by atoms with Gasteiger partial charge in [0.05, 0.1) is 18.1 Å². The number of aliphatic imine (C=N–C) groups is 1. The average molecular weight is 263 g/mol. The van der Waals surface area contributed by atoms with E-state index >= 15 is 0 Å². The Labute approximate surface area is 112 Å². The number of aromatic nitrogens is 1. The molecule has 0 saturated carbocycles. The normalized spacial score (nSPS) is 13.8. The number of rotatable bonds is 5. The average Bonchev–Trinajstić information content (AvgIpc) is 2.36. The fraction of sp³-hybridized carbons (Fsp3) is 0.231. The molecule has 0 aliphatic heterocycles. The number of halogens is 1. The summed E-state index contributed by atoms with van der Waals surface area (Å²) in [6, 6.07) is 5.68. The third-order valence-electron chi connectivity index (χ3n) is 1.94. The predicted octanol–water partition coefficient (Wildman–Crippen LogP) is 1.63. The van der Waals surface area contributed by atoms with Gasteiger partial charge in [0.15, 0.2) is 0 Å². The maximum atomic E-state index is 5.85. The lowest BCUT2D eigenvalue weighted by Gasteiger charge is -2.07. The van der Waals surface area contributed by atoms with Gasteiger partial charge >= 0.3 is 0 Å². The molecule has 1 rings (SSSR count). The van der Waals surface area contributed by atoms with E-state index in [9.17, 15) is 0 Å². The fourth-order valence-corrected chi connectivity index (χ4v) is 1.32. The molecule has 1 aromatic heterocycles. The minimum Gasteiger partial charge on any atom is -0.387 e. The van der Waals surface area contributed by atoms with E-state index in [0.29, 0.717) is 18.2 Å². The van der Waals surface area contributed by atoms with Crippen LogP contribution in [-0.4, -0.2) is 16.2 Å². The maximum Gasteiger partial charge on any atom is 0.126 e.